The molecule has 0 saturated carbocycles. The van der Waals surface area contributed by atoms with E-state index in [4.69, 9.17) is 0 Å². The molecule has 0 N–H and O–H groups in total. The molecule has 0 unspecified atom stereocenters. The molecule has 0 saturated heterocycles. The Labute approximate surface area is 103 Å². The smallest absolute Gasteiger partial charge is 0.213 e. The number of halogens is 3. The summed E-state index contributed by atoms with van der Waals surface area (Å²) in [6.45, 7) is 0. The van der Waals surface area contributed by atoms with E-state index in [1.807, 2.05) is 0 Å². The van der Waals surface area contributed by atoms with Crippen molar-refractivity contribution in [2.24, 2.45) is 7.05 Å². The van der Waals surface area contributed by atoms with E-state index in [9.17, 15) is 13.6 Å². The van der Waals surface area contributed by atoms with E-state index in [0.717, 1.165) is 6.07 Å². The highest BCUT2D eigenvalue weighted by Crippen LogP contribution is 2.24. The van der Waals surface area contributed by atoms with E-state index in [-0.39, 0.29) is 15.7 Å². The van der Waals surface area contributed by atoms with Crippen molar-refractivity contribution >= 4 is 21.7 Å². The number of aryl methyl sites for hydroxylation is 1. The van der Waals surface area contributed by atoms with Gasteiger partial charge in [0, 0.05) is 12.6 Å². The zero-order valence-corrected chi connectivity index (χ0v) is 10.2. The van der Waals surface area contributed by atoms with E-state index in [1.54, 1.807) is 0 Å². The minimum atomic E-state index is -1.09. The monoisotopic (exact) mass is 301 g/mol. The lowest BCUT2D eigenvalue weighted by Crippen LogP contribution is -2.10. The maximum atomic E-state index is 13.3. The van der Waals surface area contributed by atoms with Crippen LogP contribution in [0.5, 0.6) is 0 Å². The van der Waals surface area contributed by atoms with Crippen LogP contribution in [0.1, 0.15) is 16.1 Å². The van der Waals surface area contributed by atoms with E-state index < -0.39 is 17.4 Å². The Balaban J connectivity index is 2.53. The van der Waals surface area contributed by atoms with Gasteiger partial charge in [-0.25, -0.2) is 13.5 Å². The van der Waals surface area contributed by atoms with Gasteiger partial charge < -0.3 is 0 Å². The van der Waals surface area contributed by atoms with Gasteiger partial charge in [-0.1, -0.05) is 5.21 Å². The number of nitrogens with zero attached hydrogens (tertiary/aromatic N) is 3. The Bertz CT molecular complexity index is 597. The summed E-state index contributed by atoms with van der Waals surface area (Å²) in [7, 11) is 1.54. The fraction of sp³-hybridized carbons (Fsp3) is 0.100. The highest BCUT2D eigenvalue weighted by molar-refractivity contribution is 9.10. The molecule has 0 aliphatic heterocycles. The predicted molar refractivity (Wildman–Crippen MR) is 58.5 cm³/mol. The van der Waals surface area contributed by atoms with Crippen LogP contribution in [0.3, 0.4) is 0 Å². The average molecular weight is 302 g/mol. The lowest BCUT2D eigenvalue weighted by atomic mass is 10.1. The standard InChI is InChI=1S/C10H6BrF2N3O/c1-16-7(4-14-15-16)10(17)5-2-3-6(12)9(13)8(5)11/h2-4H,1H3. The van der Waals surface area contributed by atoms with Gasteiger partial charge in [0.15, 0.2) is 11.6 Å². The van der Waals surface area contributed by atoms with Crippen LogP contribution in [-0.2, 0) is 7.05 Å². The molecule has 0 amide bonds. The zero-order chi connectivity index (χ0) is 12.6. The summed E-state index contributed by atoms with van der Waals surface area (Å²) in [6.07, 6.45) is 1.26. The molecule has 0 aliphatic carbocycles. The lowest BCUT2D eigenvalue weighted by Gasteiger charge is -2.04. The molecule has 1 aromatic heterocycles. The lowest BCUT2D eigenvalue weighted by molar-refractivity contribution is 0.102. The van der Waals surface area contributed by atoms with Crippen LogP contribution >= 0.6 is 15.9 Å². The molecular formula is C10H6BrF2N3O. The molecule has 0 atom stereocenters. The van der Waals surface area contributed by atoms with Crippen molar-refractivity contribution in [1.82, 2.24) is 15.0 Å². The third-order valence-electron chi connectivity index (χ3n) is 2.23. The first kappa shape index (κ1) is 11.8. The molecule has 17 heavy (non-hydrogen) atoms. The average Bonchev–Trinajstić information content (AvgIpc) is 2.72. The van der Waals surface area contributed by atoms with Crippen molar-refractivity contribution in [3.63, 3.8) is 0 Å². The minimum Gasteiger partial charge on any atom is -0.287 e. The van der Waals surface area contributed by atoms with Crippen molar-refractivity contribution in [3.8, 4) is 0 Å². The number of carbonyl (C=O) groups is 1. The van der Waals surface area contributed by atoms with E-state index in [1.165, 1.54) is 24.0 Å². The summed E-state index contributed by atoms with van der Waals surface area (Å²) in [5.41, 5.74) is 0.214. The normalized spacial score (nSPS) is 10.6. The van der Waals surface area contributed by atoms with Gasteiger partial charge in [-0.3, -0.25) is 4.79 Å². The summed E-state index contributed by atoms with van der Waals surface area (Å²) in [5, 5.41) is 7.14. The first-order valence-corrected chi connectivity index (χ1v) is 5.34. The van der Waals surface area contributed by atoms with Crippen molar-refractivity contribution < 1.29 is 13.6 Å². The van der Waals surface area contributed by atoms with Crippen molar-refractivity contribution in [3.05, 3.63) is 45.7 Å². The molecular weight excluding hydrogens is 296 g/mol. The fourth-order valence-corrected chi connectivity index (χ4v) is 1.84. The quantitative estimate of drug-likeness (QED) is 0.630. The molecule has 2 rings (SSSR count). The highest BCUT2D eigenvalue weighted by Gasteiger charge is 2.20. The van der Waals surface area contributed by atoms with Crippen LogP contribution in [0.15, 0.2) is 22.8 Å². The molecule has 4 nitrogen and oxygen atoms in total. The summed E-state index contributed by atoms with van der Waals surface area (Å²) < 4.78 is 27.2. The number of rotatable bonds is 2. The number of hydrogen-bond donors (Lipinski definition) is 0. The number of carbonyl (C=O) groups excluding carboxylic acids is 1. The first-order chi connectivity index (χ1) is 8.02. The molecule has 0 bridgehead atoms. The second-order valence-electron chi connectivity index (χ2n) is 3.29. The molecule has 0 aliphatic rings. The third kappa shape index (κ3) is 1.97. The zero-order valence-electron chi connectivity index (χ0n) is 8.62. The number of hydrogen-bond acceptors (Lipinski definition) is 3. The van der Waals surface area contributed by atoms with Crippen LogP contribution < -0.4 is 0 Å². The Morgan fingerprint density at radius 1 is 1.41 bits per heavy atom. The van der Waals surface area contributed by atoms with E-state index >= 15 is 0 Å². The van der Waals surface area contributed by atoms with Crippen molar-refractivity contribution in [2.75, 3.05) is 0 Å². The van der Waals surface area contributed by atoms with Gasteiger partial charge in [-0.2, -0.15) is 0 Å². The van der Waals surface area contributed by atoms with Gasteiger partial charge in [0.1, 0.15) is 5.69 Å². The van der Waals surface area contributed by atoms with Crippen LogP contribution in [-0.4, -0.2) is 20.8 Å². The molecule has 0 radical (unpaired) electrons. The molecule has 0 fully saturated rings. The largest absolute Gasteiger partial charge is 0.287 e. The summed E-state index contributed by atoms with van der Waals surface area (Å²) in [5.74, 6) is -2.59. The van der Waals surface area contributed by atoms with Gasteiger partial charge in [0.25, 0.3) is 0 Å². The molecule has 1 heterocycles. The number of benzene rings is 1. The summed E-state index contributed by atoms with van der Waals surface area (Å²) >= 11 is 2.86. The van der Waals surface area contributed by atoms with E-state index in [0.29, 0.717) is 0 Å². The molecule has 2 aromatic rings. The Morgan fingerprint density at radius 2 is 2.12 bits per heavy atom. The Hall–Kier alpha value is -1.63. The predicted octanol–water partition coefficient (Wildman–Crippen LogP) is 2.09. The van der Waals surface area contributed by atoms with Gasteiger partial charge in [0.2, 0.25) is 5.78 Å². The van der Waals surface area contributed by atoms with Gasteiger partial charge >= 0.3 is 0 Å². The van der Waals surface area contributed by atoms with Crippen LogP contribution in [0.2, 0.25) is 0 Å². The number of aromatic nitrogens is 3. The Kier molecular flexibility index (Phi) is 3.01. The first-order valence-electron chi connectivity index (χ1n) is 4.55. The minimum absolute atomic E-state index is 0.0225. The second kappa shape index (κ2) is 4.33. The topological polar surface area (TPSA) is 47.8 Å². The SMILES string of the molecule is Cn1nncc1C(=O)c1ccc(F)c(F)c1Br. The second-order valence-corrected chi connectivity index (χ2v) is 4.09. The van der Waals surface area contributed by atoms with Crippen LogP contribution in [0, 0.1) is 11.6 Å². The van der Waals surface area contributed by atoms with Gasteiger partial charge in [0.05, 0.1) is 10.7 Å². The molecule has 88 valence electrons. The maximum Gasteiger partial charge on any atom is 0.213 e. The van der Waals surface area contributed by atoms with Crippen molar-refractivity contribution in [1.29, 1.82) is 0 Å². The van der Waals surface area contributed by atoms with E-state index in [2.05, 4.69) is 26.2 Å². The molecule has 0 spiro atoms. The van der Waals surface area contributed by atoms with Gasteiger partial charge in [-0.05, 0) is 28.1 Å². The highest BCUT2D eigenvalue weighted by atomic mass is 79.9. The Morgan fingerprint density at radius 3 is 2.71 bits per heavy atom. The van der Waals surface area contributed by atoms with Crippen LogP contribution in [0.25, 0.3) is 0 Å². The maximum absolute atomic E-state index is 13.3. The summed E-state index contributed by atoms with van der Waals surface area (Å²) in [6, 6.07) is 2.11. The van der Waals surface area contributed by atoms with Crippen LogP contribution in [0.4, 0.5) is 8.78 Å². The number of ketones is 1. The fourth-order valence-electron chi connectivity index (χ4n) is 1.33. The molecule has 1 aromatic carbocycles. The summed E-state index contributed by atoms with van der Waals surface area (Å²) in [4.78, 5) is 12.0. The molecule has 7 heteroatoms. The van der Waals surface area contributed by atoms with Gasteiger partial charge in [-0.15, -0.1) is 5.10 Å². The third-order valence-corrected chi connectivity index (χ3v) is 3.00. The van der Waals surface area contributed by atoms with Crippen molar-refractivity contribution in [2.45, 2.75) is 0 Å².